The minimum absolute atomic E-state index is 0.254. The van der Waals surface area contributed by atoms with E-state index in [9.17, 15) is 4.79 Å². The highest BCUT2D eigenvalue weighted by molar-refractivity contribution is 7.99. The number of carbonyl (C=O) groups is 1. The molecule has 3 heterocycles. The van der Waals surface area contributed by atoms with Crippen LogP contribution in [0.25, 0.3) is 0 Å². The molecule has 0 saturated carbocycles. The van der Waals surface area contributed by atoms with Crippen molar-refractivity contribution in [3.05, 3.63) is 18.5 Å². The largest absolute Gasteiger partial charge is 0.339 e. The Morgan fingerprint density at radius 2 is 1.95 bits per heavy atom. The van der Waals surface area contributed by atoms with Crippen molar-refractivity contribution in [2.24, 2.45) is 5.92 Å². The second-order valence-electron chi connectivity index (χ2n) is 4.92. The fourth-order valence-electron chi connectivity index (χ4n) is 2.57. The van der Waals surface area contributed by atoms with Crippen molar-refractivity contribution in [1.82, 2.24) is 14.9 Å². The molecule has 2 saturated heterocycles. The van der Waals surface area contributed by atoms with E-state index in [1.165, 1.54) is 0 Å². The smallest absolute Gasteiger partial charge is 0.226 e. The zero-order valence-corrected chi connectivity index (χ0v) is 11.7. The third-order valence-electron chi connectivity index (χ3n) is 3.71. The summed E-state index contributed by atoms with van der Waals surface area (Å²) in [6.07, 6.45) is 4.57. The topological polar surface area (TPSA) is 49.3 Å². The average Bonchev–Trinajstić information content (AvgIpc) is 3.02. The standard InChI is InChI=1S/C13H18N4OS/c18-12(11-2-9-19-10-11)16-5-7-17(8-6-16)13-14-3-1-4-15-13/h1,3-4,11H,2,5-10H2. The number of rotatable bonds is 2. The van der Waals surface area contributed by atoms with Crippen molar-refractivity contribution >= 4 is 23.6 Å². The Kier molecular flexibility index (Phi) is 3.87. The molecule has 0 aliphatic carbocycles. The number of hydrogen-bond acceptors (Lipinski definition) is 5. The molecule has 19 heavy (non-hydrogen) atoms. The molecule has 1 amide bonds. The van der Waals surface area contributed by atoms with Crippen molar-refractivity contribution in [3.63, 3.8) is 0 Å². The van der Waals surface area contributed by atoms with Crippen LogP contribution in [0.1, 0.15) is 6.42 Å². The van der Waals surface area contributed by atoms with Crippen LogP contribution in [-0.2, 0) is 4.79 Å². The van der Waals surface area contributed by atoms with E-state index in [1.54, 1.807) is 12.4 Å². The molecule has 1 aromatic heterocycles. The first kappa shape index (κ1) is 12.7. The van der Waals surface area contributed by atoms with Gasteiger partial charge >= 0.3 is 0 Å². The fraction of sp³-hybridized carbons (Fsp3) is 0.615. The Bertz CT molecular complexity index is 428. The van der Waals surface area contributed by atoms with E-state index in [2.05, 4.69) is 14.9 Å². The molecular formula is C13H18N4OS. The van der Waals surface area contributed by atoms with Gasteiger partial charge in [0.15, 0.2) is 0 Å². The summed E-state index contributed by atoms with van der Waals surface area (Å²) in [5.41, 5.74) is 0. The van der Waals surface area contributed by atoms with Crippen LogP contribution in [0.15, 0.2) is 18.5 Å². The quantitative estimate of drug-likeness (QED) is 0.804. The molecule has 0 N–H and O–H groups in total. The molecule has 2 aliphatic rings. The summed E-state index contributed by atoms with van der Waals surface area (Å²) >= 11 is 1.89. The first-order chi connectivity index (χ1) is 9.34. The first-order valence-corrected chi connectivity index (χ1v) is 7.88. The lowest BCUT2D eigenvalue weighted by molar-refractivity contribution is -0.135. The summed E-state index contributed by atoms with van der Waals surface area (Å²) in [7, 11) is 0. The Hall–Kier alpha value is -1.30. The average molecular weight is 278 g/mol. The van der Waals surface area contributed by atoms with Crippen molar-refractivity contribution in [2.45, 2.75) is 6.42 Å². The van der Waals surface area contributed by atoms with Gasteiger partial charge in [-0.05, 0) is 18.2 Å². The first-order valence-electron chi connectivity index (χ1n) is 6.73. The number of thioether (sulfide) groups is 1. The molecule has 2 fully saturated rings. The number of piperazine rings is 1. The molecule has 6 heteroatoms. The van der Waals surface area contributed by atoms with Gasteiger partial charge in [-0.3, -0.25) is 4.79 Å². The van der Waals surface area contributed by atoms with Gasteiger partial charge in [0.1, 0.15) is 0 Å². The minimum Gasteiger partial charge on any atom is -0.339 e. The van der Waals surface area contributed by atoms with Gasteiger partial charge in [-0.15, -0.1) is 0 Å². The van der Waals surface area contributed by atoms with Gasteiger partial charge in [0.25, 0.3) is 0 Å². The minimum atomic E-state index is 0.254. The summed E-state index contributed by atoms with van der Waals surface area (Å²) in [4.78, 5) is 25.0. The Balaban J connectivity index is 1.56. The maximum absolute atomic E-state index is 12.3. The van der Waals surface area contributed by atoms with Crippen LogP contribution in [0.5, 0.6) is 0 Å². The summed E-state index contributed by atoms with van der Waals surface area (Å²) in [5.74, 6) is 3.50. The highest BCUT2D eigenvalue weighted by Crippen LogP contribution is 2.25. The zero-order chi connectivity index (χ0) is 13.1. The van der Waals surface area contributed by atoms with Crippen molar-refractivity contribution in [3.8, 4) is 0 Å². The van der Waals surface area contributed by atoms with E-state index < -0.39 is 0 Å². The van der Waals surface area contributed by atoms with Crippen molar-refractivity contribution in [1.29, 1.82) is 0 Å². The fourth-order valence-corrected chi connectivity index (χ4v) is 3.78. The molecule has 0 radical (unpaired) electrons. The van der Waals surface area contributed by atoms with Gasteiger partial charge in [-0.25, -0.2) is 9.97 Å². The number of amides is 1. The van der Waals surface area contributed by atoms with Crippen LogP contribution in [0.2, 0.25) is 0 Å². The molecular weight excluding hydrogens is 260 g/mol. The van der Waals surface area contributed by atoms with E-state index in [0.29, 0.717) is 5.91 Å². The molecule has 0 aromatic carbocycles. The van der Waals surface area contributed by atoms with Gasteiger partial charge in [0, 0.05) is 50.2 Å². The molecule has 1 aromatic rings. The number of nitrogens with zero attached hydrogens (tertiary/aromatic N) is 4. The van der Waals surface area contributed by atoms with Crippen LogP contribution in [0.3, 0.4) is 0 Å². The monoisotopic (exact) mass is 278 g/mol. The van der Waals surface area contributed by atoms with Gasteiger partial charge in [0.05, 0.1) is 0 Å². The molecule has 1 atom stereocenters. The van der Waals surface area contributed by atoms with Crippen LogP contribution in [-0.4, -0.2) is 58.5 Å². The van der Waals surface area contributed by atoms with Gasteiger partial charge < -0.3 is 9.80 Å². The molecule has 5 nitrogen and oxygen atoms in total. The highest BCUT2D eigenvalue weighted by Gasteiger charge is 2.30. The Morgan fingerprint density at radius 3 is 2.58 bits per heavy atom. The summed E-state index contributed by atoms with van der Waals surface area (Å²) in [5, 5.41) is 0. The lowest BCUT2D eigenvalue weighted by Gasteiger charge is -2.35. The predicted octanol–water partition coefficient (Wildman–Crippen LogP) is 0.878. The van der Waals surface area contributed by atoms with E-state index in [0.717, 1.165) is 50.1 Å². The predicted molar refractivity (Wildman–Crippen MR) is 76.3 cm³/mol. The lowest BCUT2D eigenvalue weighted by atomic mass is 10.1. The third kappa shape index (κ3) is 2.83. The molecule has 102 valence electrons. The number of aromatic nitrogens is 2. The van der Waals surface area contributed by atoms with E-state index in [4.69, 9.17) is 0 Å². The summed E-state index contributed by atoms with van der Waals surface area (Å²) < 4.78 is 0. The summed E-state index contributed by atoms with van der Waals surface area (Å²) in [6.45, 7) is 3.24. The van der Waals surface area contributed by atoms with E-state index in [-0.39, 0.29) is 5.92 Å². The lowest BCUT2D eigenvalue weighted by Crippen LogP contribution is -2.50. The number of carbonyl (C=O) groups excluding carboxylic acids is 1. The van der Waals surface area contributed by atoms with Crippen molar-refractivity contribution in [2.75, 3.05) is 42.6 Å². The molecule has 0 spiro atoms. The maximum Gasteiger partial charge on any atom is 0.226 e. The van der Waals surface area contributed by atoms with Crippen LogP contribution in [0.4, 0.5) is 5.95 Å². The molecule has 3 rings (SSSR count). The van der Waals surface area contributed by atoms with Crippen LogP contribution < -0.4 is 4.90 Å². The Morgan fingerprint density at radius 1 is 1.21 bits per heavy atom. The second-order valence-corrected chi connectivity index (χ2v) is 6.07. The Labute approximate surface area is 117 Å². The normalized spacial score (nSPS) is 23.7. The number of hydrogen-bond donors (Lipinski definition) is 0. The number of anilines is 1. The molecule has 2 aliphatic heterocycles. The van der Waals surface area contributed by atoms with Crippen LogP contribution >= 0.6 is 11.8 Å². The maximum atomic E-state index is 12.3. The van der Waals surface area contributed by atoms with E-state index >= 15 is 0 Å². The van der Waals surface area contributed by atoms with Gasteiger partial charge in [-0.2, -0.15) is 11.8 Å². The third-order valence-corrected chi connectivity index (χ3v) is 4.87. The van der Waals surface area contributed by atoms with Gasteiger partial charge in [0.2, 0.25) is 11.9 Å². The second kappa shape index (κ2) is 5.77. The highest BCUT2D eigenvalue weighted by atomic mass is 32.2. The molecule has 1 unspecified atom stereocenters. The SMILES string of the molecule is O=C(C1CCSC1)N1CCN(c2ncccn2)CC1. The van der Waals surface area contributed by atoms with E-state index in [1.807, 2.05) is 22.7 Å². The zero-order valence-electron chi connectivity index (χ0n) is 10.9. The summed E-state index contributed by atoms with van der Waals surface area (Å²) in [6, 6.07) is 1.82. The van der Waals surface area contributed by atoms with Crippen molar-refractivity contribution < 1.29 is 4.79 Å². The van der Waals surface area contributed by atoms with Crippen LogP contribution in [0, 0.1) is 5.92 Å². The van der Waals surface area contributed by atoms with Gasteiger partial charge in [-0.1, -0.05) is 0 Å². The molecule has 0 bridgehead atoms.